The second-order valence-corrected chi connectivity index (χ2v) is 13.3. The van der Waals surface area contributed by atoms with Crippen LogP contribution in [0.3, 0.4) is 0 Å². The molecule has 3 aromatic carbocycles. The molecule has 3 aliphatic rings. The van der Waals surface area contributed by atoms with Gasteiger partial charge in [-0.15, -0.1) is 0 Å². The number of nitriles is 1. The Morgan fingerprint density at radius 1 is 1.19 bits per heavy atom. The van der Waals surface area contributed by atoms with E-state index in [0.29, 0.717) is 42.9 Å². The van der Waals surface area contributed by atoms with E-state index in [-0.39, 0.29) is 44.9 Å². The summed E-state index contributed by atoms with van der Waals surface area (Å²) in [6, 6.07) is 15.1. The standard InChI is InChI=1S/C33H34ClFN6O2/c1-40(2)17-32(9-10-32)19-43-31-37-29-25(30(38-31)41-16-21-7-8-33(18-41,39-21)11-12-36)15-26(34)27(28(29)35)24-14-22(42)13-20-5-3-4-6-23(20)24/h3-6,13-15,21,39,42H,7-11,16-19H2,1-2H3. The minimum atomic E-state index is -0.592. The molecule has 222 valence electrons. The van der Waals surface area contributed by atoms with Crippen molar-refractivity contribution in [1.82, 2.24) is 20.2 Å². The van der Waals surface area contributed by atoms with Crippen LogP contribution in [0.5, 0.6) is 11.8 Å². The molecule has 2 aliphatic heterocycles. The zero-order valence-electron chi connectivity index (χ0n) is 24.3. The van der Waals surface area contributed by atoms with Gasteiger partial charge in [-0.1, -0.05) is 35.9 Å². The Morgan fingerprint density at radius 2 is 2.00 bits per heavy atom. The van der Waals surface area contributed by atoms with Crippen LogP contribution in [0.15, 0.2) is 42.5 Å². The number of piperazine rings is 1. The van der Waals surface area contributed by atoms with Gasteiger partial charge in [0.1, 0.15) is 17.1 Å². The van der Waals surface area contributed by atoms with E-state index in [1.807, 2.05) is 38.4 Å². The van der Waals surface area contributed by atoms with Crippen molar-refractivity contribution in [2.45, 2.75) is 43.7 Å². The molecule has 1 saturated carbocycles. The fourth-order valence-corrected chi connectivity index (χ4v) is 7.41. The SMILES string of the molecule is CN(C)CC1(COc2nc(N3CC4CCC(CC#N)(C3)N4)c3cc(Cl)c(-c4cc(O)cc5ccccc45)c(F)c3n2)CC1. The number of halogens is 2. The van der Waals surface area contributed by atoms with Gasteiger partial charge in [0.2, 0.25) is 0 Å². The van der Waals surface area contributed by atoms with Gasteiger partial charge in [0.05, 0.1) is 24.1 Å². The first-order chi connectivity index (χ1) is 20.7. The van der Waals surface area contributed by atoms with Crippen molar-refractivity contribution in [3.8, 4) is 29.0 Å². The Morgan fingerprint density at radius 3 is 2.77 bits per heavy atom. The van der Waals surface area contributed by atoms with E-state index in [2.05, 4.69) is 26.2 Å². The van der Waals surface area contributed by atoms with Crippen LogP contribution in [0.25, 0.3) is 32.8 Å². The third-order valence-corrected chi connectivity index (χ3v) is 9.51. The Hall–Kier alpha value is -3.71. The highest BCUT2D eigenvalue weighted by Gasteiger charge is 2.46. The molecule has 0 radical (unpaired) electrons. The monoisotopic (exact) mass is 600 g/mol. The Balaban J connectivity index is 1.38. The Bertz CT molecular complexity index is 1790. The molecule has 7 rings (SSSR count). The largest absolute Gasteiger partial charge is 0.508 e. The first-order valence-corrected chi connectivity index (χ1v) is 15.2. The van der Waals surface area contributed by atoms with Gasteiger partial charge in [-0.3, -0.25) is 0 Å². The Labute approximate surface area is 255 Å². The van der Waals surface area contributed by atoms with Crippen LogP contribution >= 0.6 is 11.6 Å². The van der Waals surface area contributed by atoms with Crippen molar-refractivity contribution in [1.29, 1.82) is 5.26 Å². The maximum Gasteiger partial charge on any atom is 0.319 e. The van der Waals surface area contributed by atoms with Gasteiger partial charge < -0.3 is 25.0 Å². The van der Waals surface area contributed by atoms with Crippen LogP contribution in [0.4, 0.5) is 10.2 Å². The van der Waals surface area contributed by atoms with E-state index in [4.69, 9.17) is 21.3 Å². The maximum absolute atomic E-state index is 16.8. The van der Waals surface area contributed by atoms with Gasteiger partial charge in [-0.05, 0) is 74.3 Å². The molecule has 1 aromatic heterocycles. The third-order valence-electron chi connectivity index (χ3n) is 9.21. The topological polar surface area (TPSA) is 97.5 Å². The summed E-state index contributed by atoms with van der Waals surface area (Å²) in [5.74, 6) is -0.0151. The molecule has 0 spiro atoms. The number of phenols is 1. The molecule has 2 bridgehead atoms. The molecule has 8 nitrogen and oxygen atoms in total. The molecular formula is C33H34ClFN6O2. The van der Waals surface area contributed by atoms with E-state index in [0.717, 1.165) is 43.0 Å². The second kappa shape index (κ2) is 10.5. The van der Waals surface area contributed by atoms with Gasteiger partial charge in [0, 0.05) is 47.6 Å². The number of hydrogen-bond acceptors (Lipinski definition) is 8. The van der Waals surface area contributed by atoms with Gasteiger partial charge >= 0.3 is 6.01 Å². The number of rotatable bonds is 8. The number of aromatic hydroxyl groups is 1. The molecule has 0 amide bonds. The van der Waals surface area contributed by atoms with Crippen LogP contribution < -0.4 is 15.0 Å². The molecule has 1 aliphatic carbocycles. The summed E-state index contributed by atoms with van der Waals surface area (Å²) in [5, 5.41) is 26.0. The fourth-order valence-electron chi connectivity index (χ4n) is 7.12. The normalized spacial score (nSPS) is 22.3. The number of anilines is 1. The number of aromatic nitrogens is 2. The lowest BCUT2D eigenvalue weighted by molar-refractivity contribution is 0.183. The second-order valence-electron chi connectivity index (χ2n) is 12.9. The highest BCUT2D eigenvalue weighted by Crippen LogP contribution is 2.47. The quantitative estimate of drug-likeness (QED) is 0.258. The molecule has 2 atom stereocenters. The van der Waals surface area contributed by atoms with Crippen LogP contribution in [-0.4, -0.2) is 71.9 Å². The molecule has 3 heterocycles. The Kier molecular flexibility index (Phi) is 6.84. The highest BCUT2D eigenvalue weighted by molar-refractivity contribution is 6.35. The molecule has 2 unspecified atom stereocenters. The summed E-state index contributed by atoms with van der Waals surface area (Å²) in [5.41, 5.74) is 0.465. The van der Waals surface area contributed by atoms with Crippen molar-refractivity contribution >= 4 is 39.1 Å². The number of nitrogens with one attached hydrogen (secondary N) is 1. The first-order valence-electron chi connectivity index (χ1n) is 14.8. The van der Waals surface area contributed by atoms with Crippen LogP contribution in [0.2, 0.25) is 5.02 Å². The van der Waals surface area contributed by atoms with Crippen molar-refractivity contribution in [2.75, 3.05) is 45.2 Å². The predicted molar refractivity (Wildman–Crippen MR) is 166 cm³/mol. The van der Waals surface area contributed by atoms with E-state index in [9.17, 15) is 10.4 Å². The van der Waals surface area contributed by atoms with Gasteiger partial charge in [-0.25, -0.2) is 4.39 Å². The number of phenolic OH excluding ortho intramolecular Hbond substituents is 1. The number of benzene rings is 3. The van der Waals surface area contributed by atoms with Crippen molar-refractivity contribution in [2.24, 2.45) is 5.41 Å². The number of nitrogens with zero attached hydrogens (tertiary/aromatic N) is 5. The van der Waals surface area contributed by atoms with Crippen molar-refractivity contribution in [3.63, 3.8) is 0 Å². The molecule has 43 heavy (non-hydrogen) atoms. The minimum absolute atomic E-state index is 0.0198. The number of hydrogen-bond donors (Lipinski definition) is 2. The lowest BCUT2D eigenvalue weighted by Crippen LogP contribution is -2.59. The van der Waals surface area contributed by atoms with Crippen molar-refractivity contribution < 1.29 is 14.2 Å². The summed E-state index contributed by atoms with van der Waals surface area (Å²) in [7, 11) is 4.10. The van der Waals surface area contributed by atoms with Crippen LogP contribution in [0.1, 0.15) is 32.1 Å². The van der Waals surface area contributed by atoms with Crippen LogP contribution in [-0.2, 0) is 0 Å². The number of ether oxygens (including phenoxy) is 1. The molecular weight excluding hydrogens is 567 g/mol. The molecule has 3 fully saturated rings. The summed E-state index contributed by atoms with van der Waals surface area (Å²) >= 11 is 6.88. The zero-order valence-corrected chi connectivity index (χ0v) is 25.1. The van der Waals surface area contributed by atoms with Crippen molar-refractivity contribution in [3.05, 3.63) is 53.3 Å². The van der Waals surface area contributed by atoms with Crippen LogP contribution in [0, 0.1) is 22.6 Å². The molecule has 2 saturated heterocycles. The van der Waals surface area contributed by atoms with E-state index < -0.39 is 5.82 Å². The van der Waals surface area contributed by atoms with E-state index >= 15 is 4.39 Å². The average molecular weight is 601 g/mol. The maximum atomic E-state index is 16.8. The fraction of sp³-hybridized carbons (Fsp3) is 0.424. The third kappa shape index (κ3) is 5.12. The summed E-state index contributed by atoms with van der Waals surface area (Å²) in [4.78, 5) is 13.8. The summed E-state index contributed by atoms with van der Waals surface area (Å²) < 4.78 is 23.1. The molecule has 4 aromatic rings. The lowest BCUT2D eigenvalue weighted by atomic mass is 9.93. The predicted octanol–water partition coefficient (Wildman–Crippen LogP) is 5.89. The molecule has 2 N–H and O–H groups in total. The first kappa shape index (κ1) is 28.1. The van der Waals surface area contributed by atoms with Gasteiger partial charge in [0.15, 0.2) is 5.82 Å². The summed E-state index contributed by atoms with van der Waals surface area (Å²) in [6.45, 7) is 2.56. The number of fused-ring (bicyclic) bond motifs is 4. The minimum Gasteiger partial charge on any atom is -0.508 e. The summed E-state index contributed by atoms with van der Waals surface area (Å²) in [6.07, 6.45) is 4.34. The van der Waals surface area contributed by atoms with Gasteiger partial charge in [-0.2, -0.15) is 15.2 Å². The average Bonchev–Trinajstić information content (AvgIpc) is 3.66. The molecule has 10 heteroatoms. The zero-order chi connectivity index (χ0) is 29.9. The van der Waals surface area contributed by atoms with E-state index in [1.165, 1.54) is 6.07 Å². The van der Waals surface area contributed by atoms with E-state index in [1.54, 1.807) is 12.1 Å². The highest BCUT2D eigenvalue weighted by atomic mass is 35.5. The smallest absolute Gasteiger partial charge is 0.319 e. The lowest BCUT2D eigenvalue weighted by Gasteiger charge is -2.41. The van der Waals surface area contributed by atoms with Gasteiger partial charge in [0.25, 0.3) is 0 Å².